The quantitative estimate of drug-likeness (QED) is 0.695. The summed E-state index contributed by atoms with van der Waals surface area (Å²) >= 11 is 0. The Hall–Kier alpha value is -2.83. The molecule has 0 atom stereocenters. The van der Waals surface area contributed by atoms with Crippen molar-refractivity contribution in [3.05, 3.63) is 69.3 Å². The van der Waals surface area contributed by atoms with Crippen LogP contribution in [-0.4, -0.2) is 10.8 Å². The predicted molar refractivity (Wildman–Crippen MR) is 72.1 cm³/mol. The van der Waals surface area contributed by atoms with Crippen molar-refractivity contribution in [1.82, 2.24) is 0 Å². The summed E-state index contributed by atoms with van der Waals surface area (Å²) < 4.78 is 27.1. The number of nitrogens with one attached hydrogen (secondary N) is 1. The standard InChI is InChI=1S/C14H10F2N2O3/c1-8-2-4-12(16)13(6-8)17-14(19)10-7-9(18(20)21)3-5-11(10)15/h2-7H,1H3,(H,17,19). The molecule has 0 heterocycles. The Bertz CT molecular complexity index is 732. The maximum absolute atomic E-state index is 13.6. The van der Waals surface area contributed by atoms with Crippen LogP contribution in [0.4, 0.5) is 20.2 Å². The van der Waals surface area contributed by atoms with Gasteiger partial charge in [-0.15, -0.1) is 0 Å². The van der Waals surface area contributed by atoms with Gasteiger partial charge in [0.15, 0.2) is 0 Å². The lowest BCUT2D eigenvalue weighted by Gasteiger charge is -2.08. The molecule has 1 N–H and O–H groups in total. The lowest BCUT2D eigenvalue weighted by molar-refractivity contribution is -0.384. The summed E-state index contributed by atoms with van der Waals surface area (Å²) in [7, 11) is 0. The number of benzene rings is 2. The van der Waals surface area contributed by atoms with Gasteiger partial charge in [-0.2, -0.15) is 0 Å². The van der Waals surface area contributed by atoms with Gasteiger partial charge in [-0.25, -0.2) is 8.78 Å². The molecular formula is C14H10F2N2O3. The van der Waals surface area contributed by atoms with E-state index in [1.165, 1.54) is 12.1 Å². The number of anilines is 1. The number of nitrogens with zero attached hydrogens (tertiary/aromatic N) is 1. The highest BCUT2D eigenvalue weighted by Crippen LogP contribution is 2.20. The van der Waals surface area contributed by atoms with Crippen LogP contribution in [0.1, 0.15) is 15.9 Å². The van der Waals surface area contributed by atoms with Crippen molar-refractivity contribution in [3.8, 4) is 0 Å². The monoisotopic (exact) mass is 292 g/mol. The van der Waals surface area contributed by atoms with E-state index in [2.05, 4.69) is 5.32 Å². The molecule has 0 bridgehead atoms. The first-order valence-corrected chi connectivity index (χ1v) is 5.90. The molecule has 0 saturated heterocycles. The van der Waals surface area contributed by atoms with E-state index in [4.69, 9.17) is 0 Å². The van der Waals surface area contributed by atoms with Gasteiger partial charge < -0.3 is 5.32 Å². The van der Waals surface area contributed by atoms with Crippen molar-refractivity contribution >= 4 is 17.3 Å². The topological polar surface area (TPSA) is 72.2 Å². The van der Waals surface area contributed by atoms with Crippen molar-refractivity contribution in [2.24, 2.45) is 0 Å². The zero-order chi connectivity index (χ0) is 15.6. The van der Waals surface area contributed by atoms with Crippen LogP contribution in [0.5, 0.6) is 0 Å². The molecule has 2 aromatic carbocycles. The molecule has 2 aromatic rings. The van der Waals surface area contributed by atoms with Crippen LogP contribution >= 0.6 is 0 Å². The van der Waals surface area contributed by atoms with Crippen LogP contribution < -0.4 is 5.32 Å². The molecule has 21 heavy (non-hydrogen) atoms. The van der Waals surface area contributed by atoms with E-state index in [0.29, 0.717) is 5.56 Å². The number of non-ortho nitro benzene ring substituents is 1. The van der Waals surface area contributed by atoms with Gasteiger partial charge in [0, 0.05) is 12.1 Å². The van der Waals surface area contributed by atoms with E-state index in [1.807, 2.05) is 0 Å². The number of rotatable bonds is 3. The Kier molecular flexibility index (Phi) is 3.93. The SMILES string of the molecule is Cc1ccc(F)c(NC(=O)c2cc([N+](=O)[O-])ccc2F)c1. The highest BCUT2D eigenvalue weighted by atomic mass is 19.1. The van der Waals surface area contributed by atoms with Gasteiger partial charge in [-0.1, -0.05) is 6.07 Å². The van der Waals surface area contributed by atoms with Crippen LogP contribution in [0.3, 0.4) is 0 Å². The summed E-state index contributed by atoms with van der Waals surface area (Å²) in [5.41, 5.74) is -0.367. The molecule has 5 nitrogen and oxygen atoms in total. The van der Waals surface area contributed by atoms with Crippen molar-refractivity contribution in [3.63, 3.8) is 0 Å². The number of nitro groups is 1. The number of halogens is 2. The molecule has 108 valence electrons. The van der Waals surface area contributed by atoms with Crippen LogP contribution in [0, 0.1) is 28.7 Å². The van der Waals surface area contributed by atoms with Crippen molar-refractivity contribution in [2.45, 2.75) is 6.92 Å². The molecule has 0 aliphatic carbocycles. The minimum Gasteiger partial charge on any atom is -0.319 e. The summed E-state index contributed by atoms with van der Waals surface area (Å²) in [5.74, 6) is -2.56. The minimum absolute atomic E-state index is 0.120. The molecule has 0 radical (unpaired) electrons. The molecule has 0 spiro atoms. The molecule has 7 heteroatoms. The van der Waals surface area contributed by atoms with E-state index in [9.17, 15) is 23.7 Å². The molecule has 0 aliphatic heterocycles. The second kappa shape index (κ2) is 5.66. The summed E-state index contributed by atoms with van der Waals surface area (Å²) in [5, 5.41) is 12.8. The molecule has 0 aliphatic rings. The van der Waals surface area contributed by atoms with Gasteiger partial charge in [-0.05, 0) is 30.7 Å². The third-order valence-electron chi connectivity index (χ3n) is 2.78. The average Bonchev–Trinajstić information content (AvgIpc) is 2.43. The predicted octanol–water partition coefficient (Wildman–Crippen LogP) is 3.43. The molecule has 1 amide bonds. The zero-order valence-corrected chi connectivity index (χ0v) is 10.9. The van der Waals surface area contributed by atoms with Gasteiger partial charge in [0.25, 0.3) is 11.6 Å². The second-order valence-corrected chi connectivity index (χ2v) is 4.36. The Morgan fingerprint density at radius 3 is 2.48 bits per heavy atom. The van der Waals surface area contributed by atoms with E-state index >= 15 is 0 Å². The number of amides is 1. The van der Waals surface area contributed by atoms with Crippen LogP contribution in [0.15, 0.2) is 36.4 Å². The van der Waals surface area contributed by atoms with Crippen LogP contribution in [0.2, 0.25) is 0 Å². The largest absolute Gasteiger partial charge is 0.319 e. The minimum atomic E-state index is -0.958. The van der Waals surface area contributed by atoms with Crippen LogP contribution in [0.25, 0.3) is 0 Å². The number of aryl methyl sites for hydroxylation is 1. The van der Waals surface area contributed by atoms with Gasteiger partial charge in [0.1, 0.15) is 11.6 Å². The molecule has 0 unspecified atom stereocenters. The van der Waals surface area contributed by atoms with E-state index in [0.717, 1.165) is 24.3 Å². The Morgan fingerprint density at radius 1 is 1.14 bits per heavy atom. The van der Waals surface area contributed by atoms with Crippen molar-refractivity contribution < 1.29 is 18.5 Å². The fraction of sp³-hybridized carbons (Fsp3) is 0.0714. The Morgan fingerprint density at radius 2 is 1.81 bits per heavy atom. The lowest BCUT2D eigenvalue weighted by atomic mass is 10.1. The third-order valence-corrected chi connectivity index (χ3v) is 2.78. The fourth-order valence-corrected chi connectivity index (χ4v) is 1.73. The van der Waals surface area contributed by atoms with Gasteiger partial charge >= 0.3 is 0 Å². The first-order valence-electron chi connectivity index (χ1n) is 5.90. The molecular weight excluding hydrogens is 282 g/mol. The first kappa shape index (κ1) is 14.6. The van der Waals surface area contributed by atoms with Gasteiger partial charge in [0.05, 0.1) is 16.2 Å². The van der Waals surface area contributed by atoms with E-state index < -0.39 is 33.7 Å². The normalized spacial score (nSPS) is 10.2. The van der Waals surface area contributed by atoms with E-state index in [1.54, 1.807) is 6.92 Å². The first-order chi connectivity index (χ1) is 9.88. The summed E-state index contributed by atoms with van der Waals surface area (Å²) in [4.78, 5) is 21.8. The highest BCUT2D eigenvalue weighted by Gasteiger charge is 2.18. The Balaban J connectivity index is 2.34. The van der Waals surface area contributed by atoms with Gasteiger partial charge in [0.2, 0.25) is 0 Å². The zero-order valence-electron chi connectivity index (χ0n) is 10.9. The average molecular weight is 292 g/mol. The molecule has 0 saturated carbocycles. The maximum Gasteiger partial charge on any atom is 0.270 e. The third kappa shape index (κ3) is 3.19. The maximum atomic E-state index is 13.6. The van der Waals surface area contributed by atoms with Gasteiger partial charge in [-0.3, -0.25) is 14.9 Å². The van der Waals surface area contributed by atoms with Crippen molar-refractivity contribution in [2.75, 3.05) is 5.32 Å². The summed E-state index contributed by atoms with van der Waals surface area (Å²) in [6.45, 7) is 1.70. The number of hydrogen-bond acceptors (Lipinski definition) is 3. The molecule has 0 fully saturated rings. The number of nitro benzene ring substituents is 1. The molecule has 0 aromatic heterocycles. The number of carbonyl (C=O) groups excluding carboxylic acids is 1. The smallest absolute Gasteiger partial charge is 0.270 e. The number of carbonyl (C=O) groups is 1. The fourth-order valence-electron chi connectivity index (χ4n) is 1.73. The van der Waals surface area contributed by atoms with E-state index in [-0.39, 0.29) is 5.69 Å². The second-order valence-electron chi connectivity index (χ2n) is 4.36. The Labute approximate surface area is 118 Å². The lowest BCUT2D eigenvalue weighted by Crippen LogP contribution is -2.15. The highest BCUT2D eigenvalue weighted by molar-refractivity contribution is 6.04. The number of hydrogen-bond donors (Lipinski definition) is 1. The van der Waals surface area contributed by atoms with Crippen LogP contribution in [-0.2, 0) is 0 Å². The summed E-state index contributed by atoms with van der Waals surface area (Å²) in [6.07, 6.45) is 0. The summed E-state index contributed by atoms with van der Waals surface area (Å²) in [6, 6.07) is 6.62. The molecule has 2 rings (SSSR count). The van der Waals surface area contributed by atoms with Crippen molar-refractivity contribution in [1.29, 1.82) is 0 Å².